The number of aromatic nitrogens is 2. The highest BCUT2D eigenvalue weighted by Gasteiger charge is 2.46. The first-order chi connectivity index (χ1) is 15.5. The molecule has 7 heteroatoms. The van der Waals surface area contributed by atoms with Gasteiger partial charge >= 0.3 is 5.97 Å². The summed E-state index contributed by atoms with van der Waals surface area (Å²) in [6.45, 7) is 4.92. The molecule has 0 bridgehead atoms. The van der Waals surface area contributed by atoms with Gasteiger partial charge in [0.25, 0.3) is 5.91 Å². The standard InChI is InChI=1S/C25H27N3O4/c1-3-31-24(30)25(12-6-14-28(17-25)23(29)21-7-4-5-13-26-21)16-20-15-22(27-32-20)19-10-8-18(2)9-11-19/h4-5,7-11,13,15H,3,6,12,14,16-17H2,1-2H3. The van der Waals surface area contributed by atoms with Crippen molar-refractivity contribution in [2.45, 2.75) is 33.1 Å². The van der Waals surface area contributed by atoms with Crippen LogP contribution in [0.25, 0.3) is 11.3 Å². The van der Waals surface area contributed by atoms with Crippen molar-refractivity contribution in [3.63, 3.8) is 0 Å². The zero-order chi connectivity index (χ0) is 22.6. The molecule has 1 unspecified atom stereocenters. The van der Waals surface area contributed by atoms with Crippen LogP contribution in [0.1, 0.15) is 41.6 Å². The molecule has 1 aliphatic heterocycles. The Bertz CT molecular complexity index is 1080. The topological polar surface area (TPSA) is 85.5 Å². The van der Waals surface area contributed by atoms with Gasteiger partial charge in [-0.3, -0.25) is 14.6 Å². The molecule has 32 heavy (non-hydrogen) atoms. The molecule has 0 aliphatic carbocycles. The Hall–Kier alpha value is -3.48. The van der Waals surface area contributed by atoms with E-state index in [4.69, 9.17) is 9.26 Å². The van der Waals surface area contributed by atoms with Crippen molar-refractivity contribution in [2.75, 3.05) is 19.7 Å². The molecule has 1 saturated heterocycles. The Morgan fingerprint density at radius 1 is 1.19 bits per heavy atom. The summed E-state index contributed by atoms with van der Waals surface area (Å²) in [4.78, 5) is 32.0. The van der Waals surface area contributed by atoms with Crippen LogP contribution in [0.15, 0.2) is 59.3 Å². The number of carbonyl (C=O) groups is 2. The number of pyridine rings is 1. The largest absolute Gasteiger partial charge is 0.466 e. The zero-order valence-corrected chi connectivity index (χ0v) is 18.4. The summed E-state index contributed by atoms with van der Waals surface area (Å²) in [7, 11) is 0. The number of hydrogen-bond donors (Lipinski definition) is 0. The Morgan fingerprint density at radius 3 is 2.72 bits per heavy atom. The zero-order valence-electron chi connectivity index (χ0n) is 18.4. The van der Waals surface area contributed by atoms with Gasteiger partial charge in [0.2, 0.25) is 0 Å². The van der Waals surface area contributed by atoms with E-state index in [0.717, 1.165) is 11.3 Å². The molecule has 1 aliphatic rings. The molecule has 3 heterocycles. The number of ether oxygens (including phenoxy) is 1. The first kappa shape index (κ1) is 21.7. The Balaban J connectivity index is 1.59. The van der Waals surface area contributed by atoms with Crippen molar-refractivity contribution in [1.82, 2.24) is 15.0 Å². The molecular weight excluding hydrogens is 406 g/mol. The van der Waals surface area contributed by atoms with Crippen LogP contribution in [-0.4, -0.2) is 46.6 Å². The summed E-state index contributed by atoms with van der Waals surface area (Å²) in [5.74, 6) is 0.101. The number of aryl methyl sites for hydroxylation is 1. The lowest BCUT2D eigenvalue weighted by molar-refractivity contribution is -0.158. The molecule has 0 N–H and O–H groups in total. The van der Waals surface area contributed by atoms with Crippen LogP contribution in [-0.2, 0) is 16.0 Å². The van der Waals surface area contributed by atoms with E-state index in [9.17, 15) is 9.59 Å². The highest BCUT2D eigenvalue weighted by atomic mass is 16.5. The van der Waals surface area contributed by atoms with Crippen LogP contribution >= 0.6 is 0 Å². The van der Waals surface area contributed by atoms with Gasteiger partial charge in [-0.15, -0.1) is 0 Å². The van der Waals surface area contributed by atoms with Gasteiger partial charge in [0.05, 0.1) is 12.0 Å². The molecule has 0 spiro atoms. The number of benzene rings is 1. The van der Waals surface area contributed by atoms with Gasteiger partial charge in [0, 0.05) is 37.3 Å². The van der Waals surface area contributed by atoms with Crippen LogP contribution in [0.3, 0.4) is 0 Å². The van der Waals surface area contributed by atoms with E-state index in [1.54, 1.807) is 36.2 Å². The van der Waals surface area contributed by atoms with Crippen molar-refractivity contribution in [3.8, 4) is 11.3 Å². The molecule has 3 aromatic rings. The summed E-state index contributed by atoms with van der Waals surface area (Å²) < 4.78 is 11.1. The van der Waals surface area contributed by atoms with Crippen molar-refractivity contribution >= 4 is 11.9 Å². The van der Waals surface area contributed by atoms with Crippen LogP contribution in [0.4, 0.5) is 0 Å². The molecule has 2 aromatic heterocycles. The SMILES string of the molecule is CCOC(=O)C1(Cc2cc(-c3ccc(C)cc3)no2)CCCN(C(=O)c2ccccn2)C1. The van der Waals surface area contributed by atoms with Crippen molar-refractivity contribution < 1.29 is 18.8 Å². The third-order valence-corrected chi connectivity index (χ3v) is 5.88. The summed E-state index contributed by atoms with van der Waals surface area (Å²) in [6.07, 6.45) is 3.21. The van der Waals surface area contributed by atoms with E-state index >= 15 is 0 Å². The smallest absolute Gasteiger partial charge is 0.314 e. The number of piperidine rings is 1. The fourth-order valence-corrected chi connectivity index (χ4v) is 4.21. The number of hydrogen-bond acceptors (Lipinski definition) is 6. The molecular formula is C25H27N3O4. The maximum Gasteiger partial charge on any atom is 0.314 e. The van der Waals surface area contributed by atoms with Crippen LogP contribution in [0.2, 0.25) is 0 Å². The Kier molecular flexibility index (Phi) is 6.35. The van der Waals surface area contributed by atoms with Crippen LogP contribution in [0, 0.1) is 12.3 Å². The Morgan fingerprint density at radius 2 is 2.00 bits per heavy atom. The number of amides is 1. The predicted molar refractivity (Wildman–Crippen MR) is 119 cm³/mol. The molecule has 4 rings (SSSR count). The van der Waals surface area contributed by atoms with E-state index in [1.807, 2.05) is 37.3 Å². The van der Waals surface area contributed by atoms with Crippen LogP contribution in [0.5, 0.6) is 0 Å². The average molecular weight is 434 g/mol. The van der Waals surface area contributed by atoms with Gasteiger partial charge in [-0.1, -0.05) is 41.1 Å². The second kappa shape index (κ2) is 9.34. The summed E-state index contributed by atoms with van der Waals surface area (Å²) in [6, 6.07) is 15.1. The minimum absolute atomic E-state index is 0.183. The first-order valence-electron chi connectivity index (χ1n) is 10.9. The number of rotatable bonds is 6. The number of esters is 1. The lowest BCUT2D eigenvalue weighted by atomic mass is 9.76. The Labute approximate surface area is 187 Å². The normalized spacial score (nSPS) is 18.4. The molecule has 0 saturated carbocycles. The van der Waals surface area contributed by atoms with E-state index < -0.39 is 5.41 Å². The minimum atomic E-state index is -0.886. The number of nitrogens with zero attached hydrogens (tertiary/aromatic N) is 3. The maximum atomic E-state index is 13.1. The predicted octanol–water partition coefficient (Wildman–Crippen LogP) is 4.07. The van der Waals surface area contributed by atoms with Crippen molar-refractivity contribution in [1.29, 1.82) is 0 Å². The van der Waals surface area contributed by atoms with Gasteiger partial charge in [0.1, 0.15) is 17.1 Å². The van der Waals surface area contributed by atoms with E-state index in [2.05, 4.69) is 10.1 Å². The lowest BCUT2D eigenvalue weighted by Crippen LogP contribution is -2.51. The highest BCUT2D eigenvalue weighted by molar-refractivity contribution is 5.93. The molecule has 0 radical (unpaired) electrons. The fraction of sp³-hybridized carbons (Fsp3) is 0.360. The van der Waals surface area contributed by atoms with E-state index in [-0.39, 0.29) is 25.0 Å². The third kappa shape index (κ3) is 4.56. The van der Waals surface area contributed by atoms with Gasteiger partial charge in [-0.2, -0.15) is 0 Å². The second-order valence-electron chi connectivity index (χ2n) is 8.27. The van der Waals surface area contributed by atoms with Gasteiger partial charge in [-0.25, -0.2) is 0 Å². The summed E-state index contributed by atoms with van der Waals surface area (Å²) in [5.41, 5.74) is 2.32. The monoisotopic (exact) mass is 433 g/mol. The maximum absolute atomic E-state index is 13.1. The third-order valence-electron chi connectivity index (χ3n) is 5.88. The van der Waals surface area contributed by atoms with E-state index in [0.29, 0.717) is 37.3 Å². The molecule has 1 atom stereocenters. The van der Waals surface area contributed by atoms with Gasteiger partial charge in [-0.05, 0) is 38.8 Å². The molecule has 1 fully saturated rings. The molecule has 1 amide bonds. The fourth-order valence-electron chi connectivity index (χ4n) is 4.21. The lowest BCUT2D eigenvalue weighted by Gasteiger charge is -2.40. The molecule has 166 valence electrons. The average Bonchev–Trinajstić information content (AvgIpc) is 3.28. The van der Waals surface area contributed by atoms with Gasteiger partial charge in [0.15, 0.2) is 0 Å². The van der Waals surface area contributed by atoms with Gasteiger partial charge < -0.3 is 14.2 Å². The van der Waals surface area contributed by atoms with E-state index in [1.165, 1.54) is 5.56 Å². The summed E-state index contributed by atoms with van der Waals surface area (Å²) >= 11 is 0. The second-order valence-corrected chi connectivity index (χ2v) is 8.27. The minimum Gasteiger partial charge on any atom is -0.466 e. The molecule has 1 aromatic carbocycles. The van der Waals surface area contributed by atoms with Crippen molar-refractivity contribution in [2.24, 2.45) is 5.41 Å². The van der Waals surface area contributed by atoms with Crippen molar-refractivity contribution in [3.05, 3.63) is 71.7 Å². The first-order valence-corrected chi connectivity index (χ1v) is 10.9. The van der Waals surface area contributed by atoms with Crippen LogP contribution < -0.4 is 0 Å². The molecule has 7 nitrogen and oxygen atoms in total. The number of likely N-dealkylation sites (tertiary alicyclic amines) is 1. The quantitative estimate of drug-likeness (QED) is 0.545. The highest BCUT2D eigenvalue weighted by Crippen LogP contribution is 2.36. The number of carbonyl (C=O) groups excluding carboxylic acids is 2. The summed E-state index contributed by atoms with van der Waals surface area (Å²) in [5, 5.41) is 4.20.